The van der Waals surface area contributed by atoms with Crippen LogP contribution in [0.4, 0.5) is 10.5 Å². The lowest BCUT2D eigenvalue weighted by Gasteiger charge is -2.16. The first-order valence-electron chi connectivity index (χ1n) is 4.95. The maximum Gasteiger partial charge on any atom is 0.415 e. The van der Waals surface area contributed by atoms with Crippen LogP contribution in [0, 0.1) is 0 Å². The second-order valence-electron chi connectivity index (χ2n) is 4.01. The van der Waals surface area contributed by atoms with Gasteiger partial charge in [-0.25, -0.2) is 9.59 Å². The van der Waals surface area contributed by atoms with E-state index < -0.39 is 17.7 Å². The normalized spacial score (nSPS) is 23.6. The van der Waals surface area contributed by atoms with Gasteiger partial charge in [-0.2, -0.15) is 0 Å². The van der Waals surface area contributed by atoms with Crippen LogP contribution in [-0.4, -0.2) is 34.4 Å². The summed E-state index contributed by atoms with van der Waals surface area (Å²) < 4.78 is 4.83. The lowest BCUT2D eigenvalue weighted by molar-refractivity contribution is -0.152. The van der Waals surface area contributed by atoms with Crippen molar-refractivity contribution in [1.82, 2.24) is 0 Å². The van der Waals surface area contributed by atoms with Crippen molar-refractivity contribution in [1.29, 1.82) is 0 Å². The van der Waals surface area contributed by atoms with Gasteiger partial charge in [-0.05, 0) is 31.2 Å². The number of hydrogen-bond donors (Lipinski definition) is 2. The molecule has 2 N–H and O–H groups in total. The number of nitrogens with zero attached hydrogens (tertiary/aromatic N) is 1. The number of hydrogen-bond acceptors (Lipinski definition) is 4. The number of cyclic esters (lactones) is 1. The largest absolute Gasteiger partial charge is 0.508 e. The van der Waals surface area contributed by atoms with E-state index in [1.54, 1.807) is 0 Å². The van der Waals surface area contributed by atoms with Crippen molar-refractivity contribution >= 4 is 17.7 Å². The van der Waals surface area contributed by atoms with E-state index in [4.69, 9.17) is 14.9 Å². The number of carbonyl (C=O) groups is 2. The van der Waals surface area contributed by atoms with Gasteiger partial charge in [0.05, 0.1) is 6.54 Å². The summed E-state index contributed by atoms with van der Waals surface area (Å²) in [5.41, 5.74) is -1.05. The number of anilines is 1. The van der Waals surface area contributed by atoms with Crippen molar-refractivity contribution in [3.05, 3.63) is 24.3 Å². The number of carboxylic acids is 1. The lowest BCUT2D eigenvalue weighted by Crippen LogP contribution is -2.39. The summed E-state index contributed by atoms with van der Waals surface area (Å²) in [6.45, 7) is 1.28. The van der Waals surface area contributed by atoms with Crippen LogP contribution in [0.5, 0.6) is 5.75 Å². The number of aromatic hydroxyl groups is 1. The van der Waals surface area contributed by atoms with Gasteiger partial charge in [0.2, 0.25) is 5.60 Å². The lowest BCUT2D eigenvalue weighted by atomic mass is 10.1. The maximum atomic E-state index is 11.6. The van der Waals surface area contributed by atoms with E-state index in [0.717, 1.165) is 0 Å². The van der Waals surface area contributed by atoms with Crippen LogP contribution in [0.15, 0.2) is 24.3 Å². The molecule has 90 valence electrons. The fourth-order valence-electron chi connectivity index (χ4n) is 1.59. The molecule has 1 heterocycles. The minimum Gasteiger partial charge on any atom is -0.508 e. The number of phenolic OH excluding ortho intramolecular Hbond substituents is 1. The summed E-state index contributed by atoms with van der Waals surface area (Å²) in [7, 11) is 0. The monoisotopic (exact) mass is 237 g/mol. The first-order chi connectivity index (χ1) is 7.92. The fraction of sp³-hybridized carbons (Fsp3) is 0.273. The van der Waals surface area contributed by atoms with E-state index in [9.17, 15) is 9.59 Å². The van der Waals surface area contributed by atoms with Crippen LogP contribution in [0.3, 0.4) is 0 Å². The van der Waals surface area contributed by atoms with E-state index >= 15 is 0 Å². The van der Waals surface area contributed by atoms with Crippen LogP contribution < -0.4 is 4.90 Å². The summed E-state index contributed by atoms with van der Waals surface area (Å²) in [4.78, 5) is 23.7. The van der Waals surface area contributed by atoms with Crippen molar-refractivity contribution in [3.8, 4) is 5.75 Å². The van der Waals surface area contributed by atoms with Crippen LogP contribution in [0.1, 0.15) is 6.92 Å². The van der Waals surface area contributed by atoms with E-state index in [0.29, 0.717) is 5.69 Å². The summed E-state index contributed by atoms with van der Waals surface area (Å²) in [5.74, 6) is -1.12. The summed E-state index contributed by atoms with van der Waals surface area (Å²) in [5, 5.41) is 18.1. The van der Waals surface area contributed by atoms with Crippen molar-refractivity contribution in [2.75, 3.05) is 11.4 Å². The number of benzene rings is 1. The quantitative estimate of drug-likeness (QED) is 0.806. The summed E-state index contributed by atoms with van der Waals surface area (Å²) in [6, 6.07) is 5.87. The molecule has 1 aliphatic heterocycles. The molecule has 0 bridgehead atoms. The Labute approximate surface area is 97.0 Å². The van der Waals surface area contributed by atoms with Crippen molar-refractivity contribution in [3.63, 3.8) is 0 Å². The zero-order valence-electron chi connectivity index (χ0n) is 9.08. The third-order valence-electron chi connectivity index (χ3n) is 2.61. The Hall–Kier alpha value is -2.24. The van der Waals surface area contributed by atoms with Gasteiger partial charge < -0.3 is 14.9 Å². The molecule has 2 rings (SSSR count). The maximum absolute atomic E-state index is 11.6. The first-order valence-corrected chi connectivity index (χ1v) is 4.95. The number of carbonyl (C=O) groups excluding carboxylic acids is 1. The van der Waals surface area contributed by atoms with Crippen molar-refractivity contribution < 1.29 is 24.5 Å². The fourth-order valence-corrected chi connectivity index (χ4v) is 1.59. The molecular weight excluding hydrogens is 226 g/mol. The molecule has 1 aliphatic rings. The zero-order chi connectivity index (χ0) is 12.6. The molecule has 1 unspecified atom stereocenters. The number of carboxylic acid groups (broad SMARTS) is 1. The smallest absolute Gasteiger partial charge is 0.415 e. The Balaban J connectivity index is 2.27. The standard InChI is InChI=1S/C11H11NO5/c1-11(9(14)15)6-12(10(16)17-11)7-2-4-8(13)5-3-7/h2-5,13H,6H2,1H3,(H,14,15). The van der Waals surface area contributed by atoms with Crippen molar-refractivity contribution in [2.45, 2.75) is 12.5 Å². The van der Waals surface area contributed by atoms with E-state index in [1.807, 2.05) is 0 Å². The molecule has 6 nitrogen and oxygen atoms in total. The van der Waals surface area contributed by atoms with Gasteiger partial charge in [0.15, 0.2) is 0 Å². The molecule has 1 atom stereocenters. The highest BCUT2D eigenvalue weighted by molar-refractivity contribution is 5.95. The third kappa shape index (κ3) is 1.89. The topological polar surface area (TPSA) is 87.1 Å². The molecule has 1 saturated heterocycles. The molecule has 1 aromatic carbocycles. The molecule has 0 aliphatic carbocycles. The molecule has 0 radical (unpaired) electrons. The molecule has 1 fully saturated rings. The second-order valence-corrected chi connectivity index (χ2v) is 4.01. The highest BCUT2D eigenvalue weighted by Gasteiger charge is 2.48. The van der Waals surface area contributed by atoms with E-state index in [-0.39, 0.29) is 12.3 Å². The minimum atomic E-state index is -1.53. The Morgan fingerprint density at radius 1 is 1.41 bits per heavy atom. The Morgan fingerprint density at radius 3 is 2.47 bits per heavy atom. The van der Waals surface area contributed by atoms with Gasteiger partial charge in [-0.3, -0.25) is 4.90 Å². The number of aliphatic carboxylic acids is 1. The Kier molecular flexibility index (Phi) is 2.42. The minimum absolute atomic E-state index is 0.0635. The van der Waals surface area contributed by atoms with Crippen LogP contribution >= 0.6 is 0 Å². The van der Waals surface area contributed by atoms with E-state index in [2.05, 4.69) is 0 Å². The van der Waals surface area contributed by atoms with Crippen LogP contribution in [0.2, 0.25) is 0 Å². The number of amides is 1. The molecule has 1 amide bonds. The second kappa shape index (κ2) is 3.65. The van der Waals surface area contributed by atoms with Gasteiger partial charge >= 0.3 is 12.1 Å². The Morgan fingerprint density at radius 2 is 2.00 bits per heavy atom. The molecule has 0 saturated carbocycles. The molecule has 17 heavy (non-hydrogen) atoms. The zero-order valence-corrected chi connectivity index (χ0v) is 9.08. The average molecular weight is 237 g/mol. The van der Waals surface area contributed by atoms with Gasteiger partial charge in [-0.1, -0.05) is 0 Å². The van der Waals surface area contributed by atoms with Crippen LogP contribution in [0.25, 0.3) is 0 Å². The first kappa shape index (κ1) is 11.3. The molecular formula is C11H11NO5. The molecule has 0 aromatic heterocycles. The van der Waals surface area contributed by atoms with Gasteiger partial charge in [-0.15, -0.1) is 0 Å². The van der Waals surface area contributed by atoms with Gasteiger partial charge in [0.25, 0.3) is 0 Å². The molecule has 6 heteroatoms. The Bertz CT molecular complexity index is 469. The van der Waals surface area contributed by atoms with Gasteiger partial charge in [0, 0.05) is 5.69 Å². The van der Waals surface area contributed by atoms with E-state index in [1.165, 1.54) is 36.1 Å². The number of phenols is 1. The molecule has 0 spiro atoms. The average Bonchev–Trinajstić information content (AvgIpc) is 2.57. The highest BCUT2D eigenvalue weighted by atomic mass is 16.6. The predicted molar refractivity (Wildman–Crippen MR) is 58.0 cm³/mol. The number of ether oxygens (including phenoxy) is 1. The van der Waals surface area contributed by atoms with Crippen LogP contribution in [-0.2, 0) is 9.53 Å². The van der Waals surface area contributed by atoms with Gasteiger partial charge in [0.1, 0.15) is 5.75 Å². The summed E-state index contributed by atoms with van der Waals surface area (Å²) in [6.07, 6.45) is -0.708. The van der Waals surface area contributed by atoms with Crippen molar-refractivity contribution in [2.24, 2.45) is 0 Å². The highest BCUT2D eigenvalue weighted by Crippen LogP contribution is 2.28. The SMILES string of the molecule is CC1(C(=O)O)CN(c2ccc(O)cc2)C(=O)O1. The predicted octanol–water partition coefficient (Wildman–Crippen LogP) is 1.19. The summed E-state index contributed by atoms with van der Waals surface area (Å²) >= 11 is 0. The third-order valence-corrected chi connectivity index (χ3v) is 2.61. The molecule has 1 aromatic rings. The number of rotatable bonds is 2.